The fraction of sp³-hybridized carbons (Fsp3) is 0.706. The standard InChI is InChI=1S/C17H23N5O3/c1-19-5-4-18-14(19)9-20-6-7-22-13(8-20)17(25-16(22)24)10-21(11-17)15(23)12-2-3-12/h4-5,12-13H,2-3,6-11H2,1H3. The highest BCUT2D eigenvalue weighted by Crippen LogP contribution is 2.42. The van der Waals surface area contributed by atoms with Crippen LogP contribution in [0, 0.1) is 5.92 Å². The Bertz CT molecular complexity index is 722. The van der Waals surface area contributed by atoms with E-state index in [1.54, 1.807) is 0 Å². The molecule has 0 radical (unpaired) electrons. The minimum Gasteiger partial charge on any atom is -0.437 e. The Hall–Kier alpha value is -2.09. The maximum Gasteiger partial charge on any atom is 0.411 e. The van der Waals surface area contributed by atoms with Crippen molar-refractivity contribution in [1.82, 2.24) is 24.3 Å². The number of aromatic nitrogens is 2. The lowest BCUT2D eigenvalue weighted by Crippen LogP contribution is -2.72. The summed E-state index contributed by atoms with van der Waals surface area (Å²) in [5.41, 5.74) is -0.512. The van der Waals surface area contributed by atoms with Crippen LogP contribution in [0.15, 0.2) is 12.4 Å². The number of nitrogens with zero attached hydrogens (tertiary/aromatic N) is 5. The molecule has 1 saturated carbocycles. The van der Waals surface area contributed by atoms with Crippen molar-refractivity contribution in [3.63, 3.8) is 0 Å². The zero-order valence-corrected chi connectivity index (χ0v) is 14.4. The third-order valence-corrected chi connectivity index (χ3v) is 6.04. The largest absolute Gasteiger partial charge is 0.437 e. The normalized spacial score (nSPS) is 28.0. The molecule has 1 atom stereocenters. The fourth-order valence-electron chi connectivity index (χ4n) is 4.32. The van der Waals surface area contributed by atoms with Crippen LogP contribution < -0.4 is 0 Å². The van der Waals surface area contributed by atoms with E-state index in [1.807, 2.05) is 33.8 Å². The monoisotopic (exact) mass is 345 g/mol. The smallest absolute Gasteiger partial charge is 0.411 e. The van der Waals surface area contributed by atoms with Gasteiger partial charge in [-0.2, -0.15) is 0 Å². The number of aryl methyl sites for hydroxylation is 1. The Balaban J connectivity index is 1.29. The number of carbonyl (C=O) groups excluding carboxylic acids is 2. The van der Waals surface area contributed by atoms with Gasteiger partial charge in [0.25, 0.3) is 0 Å². The summed E-state index contributed by atoms with van der Waals surface area (Å²) in [4.78, 5) is 35.0. The molecule has 1 unspecified atom stereocenters. The molecule has 0 aromatic carbocycles. The molecule has 8 heteroatoms. The molecule has 2 amide bonds. The highest BCUT2D eigenvalue weighted by atomic mass is 16.6. The number of imidazole rings is 1. The van der Waals surface area contributed by atoms with E-state index in [-0.39, 0.29) is 24.0 Å². The van der Waals surface area contributed by atoms with Gasteiger partial charge < -0.3 is 14.2 Å². The third kappa shape index (κ3) is 2.34. The molecule has 134 valence electrons. The molecule has 1 aromatic rings. The van der Waals surface area contributed by atoms with Gasteiger partial charge in [0.05, 0.1) is 25.7 Å². The Morgan fingerprint density at radius 1 is 1.36 bits per heavy atom. The molecule has 3 saturated heterocycles. The van der Waals surface area contributed by atoms with Gasteiger partial charge >= 0.3 is 6.09 Å². The zero-order chi connectivity index (χ0) is 17.2. The Labute approximate surface area is 146 Å². The third-order valence-electron chi connectivity index (χ3n) is 6.04. The van der Waals surface area contributed by atoms with E-state index in [0.29, 0.717) is 19.6 Å². The van der Waals surface area contributed by atoms with Gasteiger partial charge in [-0.15, -0.1) is 0 Å². The van der Waals surface area contributed by atoms with E-state index in [2.05, 4.69) is 9.88 Å². The Kier molecular flexibility index (Phi) is 3.16. The highest BCUT2D eigenvalue weighted by molar-refractivity contribution is 5.83. The van der Waals surface area contributed by atoms with Crippen molar-refractivity contribution in [3.8, 4) is 0 Å². The maximum absolute atomic E-state index is 12.3. The molecule has 0 bridgehead atoms. The lowest BCUT2D eigenvalue weighted by molar-refractivity contribution is -0.157. The lowest BCUT2D eigenvalue weighted by Gasteiger charge is -2.51. The first-order valence-corrected chi connectivity index (χ1v) is 9.03. The molecule has 5 rings (SSSR count). The van der Waals surface area contributed by atoms with Gasteiger partial charge in [-0.25, -0.2) is 9.78 Å². The summed E-state index contributed by atoms with van der Waals surface area (Å²) in [7, 11) is 2.00. The number of carbonyl (C=O) groups is 2. The molecule has 4 fully saturated rings. The van der Waals surface area contributed by atoms with Crippen LogP contribution >= 0.6 is 0 Å². The molecule has 1 aliphatic carbocycles. The molecule has 1 spiro atoms. The molecule has 8 nitrogen and oxygen atoms in total. The van der Waals surface area contributed by atoms with Crippen LogP contribution in [-0.4, -0.2) is 80.6 Å². The second-order valence-electron chi connectivity index (χ2n) is 7.80. The fourth-order valence-corrected chi connectivity index (χ4v) is 4.32. The highest BCUT2D eigenvalue weighted by Gasteiger charge is 2.63. The van der Waals surface area contributed by atoms with Gasteiger partial charge in [-0.05, 0) is 12.8 Å². The SMILES string of the molecule is Cn1ccnc1CN1CCN2C(=O)OC3(CN(C(=O)C4CC4)C3)C2C1. The van der Waals surface area contributed by atoms with E-state index < -0.39 is 5.60 Å². The molecule has 4 aliphatic rings. The summed E-state index contributed by atoms with van der Waals surface area (Å²) < 4.78 is 7.79. The van der Waals surface area contributed by atoms with Gasteiger partial charge in [-0.3, -0.25) is 14.6 Å². The van der Waals surface area contributed by atoms with Crippen LogP contribution in [0.4, 0.5) is 4.79 Å². The van der Waals surface area contributed by atoms with E-state index in [4.69, 9.17) is 4.74 Å². The average molecular weight is 345 g/mol. The second kappa shape index (κ2) is 5.20. The first-order valence-electron chi connectivity index (χ1n) is 9.03. The second-order valence-corrected chi connectivity index (χ2v) is 7.80. The van der Waals surface area contributed by atoms with Crippen molar-refractivity contribution >= 4 is 12.0 Å². The van der Waals surface area contributed by atoms with Gasteiger partial charge in [0, 0.05) is 45.0 Å². The van der Waals surface area contributed by atoms with Crippen LogP contribution in [0.2, 0.25) is 0 Å². The lowest BCUT2D eigenvalue weighted by atomic mass is 9.84. The summed E-state index contributed by atoms with van der Waals surface area (Å²) in [5.74, 6) is 1.48. The van der Waals surface area contributed by atoms with E-state index >= 15 is 0 Å². The summed E-state index contributed by atoms with van der Waals surface area (Å²) in [6.45, 7) is 4.12. The average Bonchev–Trinajstić information content (AvgIpc) is 3.28. The van der Waals surface area contributed by atoms with Crippen molar-refractivity contribution in [1.29, 1.82) is 0 Å². The number of piperazine rings is 1. The Morgan fingerprint density at radius 2 is 2.16 bits per heavy atom. The summed E-state index contributed by atoms with van der Waals surface area (Å²) in [6, 6.07) is 0.0253. The number of rotatable bonds is 3. The molecule has 1 aromatic heterocycles. The topological polar surface area (TPSA) is 70.9 Å². The van der Waals surface area contributed by atoms with Crippen LogP contribution in [0.25, 0.3) is 0 Å². The van der Waals surface area contributed by atoms with Gasteiger partial charge in [0.2, 0.25) is 5.91 Å². The predicted molar refractivity (Wildman–Crippen MR) is 87.5 cm³/mol. The van der Waals surface area contributed by atoms with Crippen molar-refractivity contribution in [2.75, 3.05) is 32.7 Å². The van der Waals surface area contributed by atoms with Crippen molar-refractivity contribution in [2.24, 2.45) is 13.0 Å². The van der Waals surface area contributed by atoms with Crippen molar-refractivity contribution in [2.45, 2.75) is 31.0 Å². The molecule has 25 heavy (non-hydrogen) atoms. The first-order chi connectivity index (χ1) is 12.1. The van der Waals surface area contributed by atoms with E-state index in [9.17, 15) is 9.59 Å². The molecule has 4 heterocycles. The molecular weight excluding hydrogens is 322 g/mol. The number of amides is 2. The van der Waals surface area contributed by atoms with Crippen molar-refractivity contribution < 1.29 is 14.3 Å². The minimum atomic E-state index is -0.512. The summed E-state index contributed by atoms with van der Waals surface area (Å²) >= 11 is 0. The number of hydrogen-bond donors (Lipinski definition) is 0. The molecular formula is C17H23N5O3. The maximum atomic E-state index is 12.3. The van der Waals surface area contributed by atoms with Crippen LogP contribution in [0.3, 0.4) is 0 Å². The van der Waals surface area contributed by atoms with Gasteiger partial charge in [-0.1, -0.05) is 0 Å². The van der Waals surface area contributed by atoms with Crippen LogP contribution in [0.5, 0.6) is 0 Å². The van der Waals surface area contributed by atoms with E-state index in [1.165, 1.54) is 0 Å². The minimum absolute atomic E-state index is 0.0253. The van der Waals surface area contributed by atoms with Crippen molar-refractivity contribution in [3.05, 3.63) is 18.2 Å². The Morgan fingerprint density at radius 3 is 2.84 bits per heavy atom. The number of ether oxygens (including phenoxy) is 1. The quantitative estimate of drug-likeness (QED) is 0.774. The van der Waals surface area contributed by atoms with Crippen LogP contribution in [-0.2, 0) is 23.1 Å². The number of likely N-dealkylation sites (tertiary alicyclic amines) is 1. The summed E-state index contributed by atoms with van der Waals surface area (Å²) in [6.07, 6.45) is 5.55. The van der Waals surface area contributed by atoms with Gasteiger partial charge in [0.15, 0.2) is 5.60 Å². The first kappa shape index (κ1) is 15.2. The molecule has 0 N–H and O–H groups in total. The summed E-state index contributed by atoms with van der Waals surface area (Å²) in [5, 5.41) is 0. The number of fused-ring (bicyclic) bond motifs is 2. The molecule has 3 aliphatic heterocycles. The van der Waals surface area contributed by atoms with Gasteiger partial charge in [0.1, 0.15) is 5.82 Å². The van der Waals surface area contributed by atoms with E-state index in [0.717, 1.165) is 38.3 Å². The van der Waals surface area contributed by atoms with Crippen LogP contribution in [0.1, 0.15) is 18.7 Å². The predicted octanol–water partition coefficient (Wildman–Crippen LogP) is 0.0475. The zero-order valence-electron chi connectivity index (χ0n) is 14.4. The number of hydrogen-bond acceptors (Lipinski definition) is 5.